The number of amides is 3. The number of aliphatic carboxylic acids is 1. The molecule has 182 valence electrons. The first-order valence-electron chi connectivity index (χ1n) is 12.2. The topological polar surface area (TPSA) is 128 Å². The van der Waals surface area contributed by atoms with E-state index in [0.29, 0.717) is 38.3 Å². The van der Waals surface area contributed by atoms with E-state index in [2.05, 4.69) is 16.0 Å². The van der Waals surface area contributed by atoms with Gasteiger partial charge in [-0.25, -0.2) is 4.79 Å². The Hall–Kier alpha value is -2.16. The van der Waals surface area contributed by atoms with E-state index in [1.165, 1.54) is 0 Å². The lowest BCUT2D eigenvalue weighted by Crippen LogP contribution is -2.51. The van der Waals surface area contributed by atoms with Crippen LogP contribution in [0.3, 0.4) is 0 Å². The van der Waals surface area contributed by atoms with Crippen molar-refractivity contribution in [2.24, 2.45) is 11.8 Å². The first-order chi connectivity index (χ1) is 15.4. The maximum absolute atomic E-state index is 12.6. The molecule has 4 N–H and O–H groups in total. The molecule has 0 aliphatic carbocycles. The summed E-state index contributed by atoms with van der Waals surface area (Å²) in [5, 5.41) is 17.9. The van der Waals surface area contributed by atoms with Crippen molar-refractivity contribution in [3.8, 4) is 0 Å². The molecule has 2 rings (SSSR count). The predicted molar refractivity (Wildman–Crippen MR) is 121 cm³/mol. The molecule has 2 fully saturated rings. The second-order valence-electron chi connectivity index (χ2n) is 9.07. The average Bonchev–Trinajstić information content (AvgIpc) is 2.80. The van der Waals surface area contributed by atoms with Crippen LogP contribution >= 0.6 is 0 Å². The van der Waals surface area contributed by atoms with Crippen molar-refractivity contribution in [3.05, 3.63) is 0 Å². The third-order valence-corrected chi connectivity index (χ3v) is 6.49. The van der Waals surface area contributed by atoms with Gasteiger partial charge in [-0.2, -0.15) is 0 Å². The van der Waals surface area contributed by atoms with Crippen molar-refractivity contribution < 1.29 is 24.3 Å². The second-order valence-corrected chi connectivity index (χ2v) is 9.07. The number of rotatable bonds is 12. The molecule has 2 saturated heterocycles. The van der Waals surface area contributed by atoms with Crippen LogP contribution in [0.2, 0.25) is 0 Å². The third kappa shape index (κ3) is 9.14. The number of unbranched alkanes of at least 4 members (excludes halogenated alkanes) is 2. The Bertz CT molecular complexity index is 636. The van der Waals surface area contributed by atoms with Crippen LogP contribution in [0, 0.1) is 11.8 Å². The van der Waals surface area contributed by atoms with Crippen LogP contribution in [0.4, 0.5) is 0 Å². The maximum Gasteiger partial charge on any atom is 0.328 e. The number of carbonyl (C=O) groups is 4. The summed E-state index contributed by atoms with van der Waals surface area (Å²) in [6.07, 6.45) is 7.94. The fourth-order valence-electron chi connectivity index (χ4n) is 4.42. The fraction of sp³-hybridized carbons (Fsp3) is 0.826. The number of hydrogen-bond acceptors (Lipinski definition) is 5. The molecule has 0 bridgehead atoms. The molecule has 0 aromatic carbocycles. The van der Waals surface area contributed by atoms with E-state index in [4.69, 9.17) is 0 Å². The Morgan fingerprint density at radius 2 is 1.84 bits per heavy atom. The minimum absolute atomic E-state index is 0.101. The number of carboxylic acids is 1. The third-order valence-electron chi connectivity index (χ3n) is 6.49. The molecule has 9 nitrogen and oxygen atoms in total. The molecule has 2 aliphatic heterocycles. The standard InChI is InChI=1S/C23H40N4O5/c1-2-3-4-7-20(28)26-19(23(31)32)15-25-22(30)18-6-5-14-27(16-18)21(29)9-8-17-10-12-24-13-11-17/h17-19,24H,2-16H2,1H3,(H,25,30)(H,26,28)(H,31,32)/t18-,19-/m1/s1. The molecule has 0 aromatic heterocycles. The number of nitrogens with one attached hydrogen (secondary N) is 3. The first-order valence-corrected chi connectivity index (χ1v) is 12.2. The molecule has 0 unspecified atom stereocenters. The van der Waals surface area contributed by atoms with Crippen molar-refractivity contribution in [3.63, 3.8) is 0 Å². The lowest BCUT2D eigenvalue weighted by atomic mass is 9.92. The van der Waals surface area contributed by atoms with Gasteiger partial charge >= 0.3 is 5.97 Å². The summed E-state index contributed by atoms with van der Waals surface area (Å²) in [4.78, 5) is 50.5. The molecular formula is C23H40N4O5. The molecule has 0 radical (unpaired) electrons. The number of carbonyl (C=O) groups excluding carboxylic acids is 3. The van der Waals surface area contributed by atoms with Crippen molar-refractivity contribution in [1.82, 2.24) is 20.9 Å². The van der Waals surface area contributed by atoms with Gasteiger partial charge in [0.2, 0.25) is 17.7 Å². The Morgan fingerprint density at radius 3 is 2.53 bits per heavy atom. The Kier molecular flexibility index (Phi) is 11.5. The summed E-state index contributed by atoms with van der Waals surface area (Å²) in [5.74, 6) is -1.40. The number of carboxylic acid groups (broad SMARTS) is 1. The molecule has 32 heavy (non-hydrogen) atoms. The highest BCUT2D eigenvalue weighted by Gasteiger charge is 2.30. The molecule has 0 spiro atoms. The SMILES string of the molecule is CCCCCC(=O)N[C@H](CNC(=O)[C@@H]1CCCN(C(=O)CCC2CCNCC2)C1)C(=O)O. The minimum Gasteiger partial charge on any atom is -0.480 e. The van der Waals surface area contributed by atoms with Gasteiger partial charge in [0.1, 0.15) is 6.04 Å². The van der Waals surface area contributed by atoms with Crippen LogP contribution < -0.4 is 16.0 Å². The molecule has 3 amide bonds. The fourth-order valence-corrected chi connectivity index (χ4v) is 4.42. The Labute approximate surface area is 191 Å². The molecule has 0 saturated carbocycles. The lowest BCUT2D eigenvalue weighted by Gasteiger charge is -2.33. The summed E-state index contributed by atoms with van der Waals surface area (Å²) >= 11 is 0. The maximum atomic E-state index is 12.6. The van der Waals surface area contributed by atoms with E-state index in [1.807, 2.05) is 6.92 Å². The molecule has 2 aliphatic rings. The van der Waals surface area contributed by atoms with Crippen LogP contribution in [0.5, 0.6) is 0 Å². The summed E-state index contributed by atoms with van der Waals surface area (Å²) < 4.78 is 0. The van der Waals surface area contributed by atoms with Gasteiger partial charge in [-0.05, 0) is 57.5 Å². The average molecular weight is 453 g/mol. The van der Waals surface area contributed by atoms with E-state index in [9.17, 15) is 24.3 Å². The Morgan fingerprint density at radius 1 is 1.09 bits per heavy atom. The van der Waals surface area contributed by atoms with E-state index in [-0.39, 0.29) is 36.6 Å². The number of piperidine rings is 2. The highest BCUT2D eigenvalue weighted by molar-refractivity contribution is 5.85. The smallest absolute Gasteiger partial charge is 0.328 e. The van der Waals surface area contributed by atoms with Crippen molar-refractivity contribution in [1.29, 1.82) is 0 Å². The normalized spacial score (nSPS) is 20.4. The lowest BCUT2D eigenvalue weighted by molar-refractivity contribution is -0.142. The van der Waals surface area contributed by atoms with Gasteiger partial charge in [0.25, 0.3) is 0 Å². The number of likely N-dealkylation sites (tertiary alicyclic amines) is 1. The zero-order valence-electron chi connectivity index (χ0n) is 19.4. The highest BCUT2D eigenvalue weighted by Crippen LogP contribution is 2.21. The van der Waals surface area contributed by atoms with Crippen molar-refractivity contribution in [2.75, 3.05) is 32.7 Å². The zero-order valence-corrected chi connectivity index (χ0v) is 19.4. The number of hydrogen-bond donors (Lipinski definition) is 4. The van der Waals surface area contributed by atoms with Gasteiger partial charge in [-0.1, -0.05) is 19.8 Å². The molecular weight excluding hydrogens is 412 g/mol. The Balaban J connectivity index is 1.75. The van der Waals surface area contributed by atoms with Crippen LogP contribution in [0.25, 0.3) is 0 Å². The largest absolute Gasteiger partial charge is 0.480 e. The number of nitrogens with zero attached hydrogens (tertiary/aromatic N) is 1. The summed E-state index contributed by atoms with van der Waals surface area (Å²) in [6.45, 7) is 4.94. The second kappa shape index (κ2) is 14.1. The van der Waals surface area contributed by atoms with Gasteiger partial charge < -0.3 is 26.0 Å². The van der Waals surface area contributed by atoms with Gasteiger partial charge in [-0.15, -0.1) is 0 Å². The summed E-state index contributed by atoms with van der Waals surface area (Å²) in [7, 11) is 0. The minimum atomic E-state index is -1.17. The van der Waals surface area contributed by atoms with E-state index < -0.39 is 12.0 Å². The van der Waals surface area contributed by atoms with E-state index in [0.717, 1.165) is 51.6 Å². The van der Waals surface area contributed by atoms with Gasteiger partial charge in [0, 0.05) is 32.5 Å². The van der Waals surface area contributed by atoms with E-state index >= 15 is 0 Å². The van der Waals surface area contributed by atoms with Crippen molar-refractivity contribution in [2.45, 2.75) is 77.2 Å². The summed E-state index contributed by atoms with van der Waals surface area (Å²) in [5.41, 5.74) is 0. The van der Waals surface area contributed by atoms with Gasteiger partial charge in [-0.3, -0.25) is 14.4 Å². The molecule has 2 heterocycles. The molecule has 9 heteroatoms. The van der Waals surface area contributed by atoms with E-state index in [1.54, 1.807) is 4.90 Å². The monoisotopic (exact) mass is 452 g/mol. The van der Waals surface area contributed by atoms with Gasteiger partial charge in [0.05, 0.1) is 5.92 Å². The highest BCUT2D eigenvalue weighted by atomic mass is 16.4. The quantitative estimate of drug-likeness (QED) is 0.330. The summed E-state index contributed by atoms with van der Waals surface area (Å²) in [6, 6.07) is -1.15. The van der Waals surface area contributed by atoms with Crippen LogP contribution in [0.1, 0.15) is 71.1 Å². The first kappa shape index (κ1) is 26.1. The van der Waals surface area contributed by atoms with Gasteiger partial charge in [0.15, 0.2) is 0 Å². The predicted octanol–water partition coefficient (Wildman–Crippen LogP) is 1.27. The van der Waals surface area contributed by atoms with Crippen LogP contribution in [-0.4, -0.2) is 72.5 Å². The van der Waals surface area contributed by atoms with Crippen molar-refractivity contribution >= 4 is 23.7 Å². The molecule has 0 aromatic rings. The van der Waals surface area contributed by atoms with Crippen LogP contribution in [0.15, 0.2) is 0 Å². The van der Waals surface area contributed by atoms with Crippen LogP contribution in [-0.2, 0) is 19.2 Å². The zero-order chi connectivity index (χ0) is 23.3. The molecule has 2 atom stereocenters.